The molecule has 0 saturated heterocycles. The number of carbonyl (C=O) groups is 2. The van der Waals surface area contributed by atoms with Crippen LogP contribution in [0.2, 0.25) is 0 Å². The van der Waals surface area contributed by atoms with E-state index in [2.05, 4.69) is 123 Å². The first kappa shape index (κ1) is 76.7. The number of ether oxygens (including phenoxy) is 1. The Labute approximate surface area is 493 Å². The van der Waals surface area contributed by atoms with E-state index in [0.29, 0.717) is 17.4 Å². The van der Waals surface area contributed by atoms with Crippen molar-refractivity contribution in [3.8, 4) is 0 Å². The van der Waals surface area contributed by atoms with E-state index in [4.69, 9.17) is 13.8 Å². The fourth-order valence-electron chi connectivity index (χ4n) is 8.91. The maximum Gasteiger partial charge on any atom is 0.306 e. The molecule has 0 saturated carbocycles. The van der Waals surface area contributed by atoms with Crippen LogP contribution in [-0.4, -0.2) is 69.4 Å². The number of allylic oxidation sites excluding steroid dienone is 17. The van der Waals surface area contributed by atoms with Gasteiger partial charge in [-0.15, -0.1) is 0 Å². The lowest BCUT2D eigenvalue weighted by Gasteiger charge is -2.30. The Balaban J connectivity index is 5.25. The van der Waals surface area contributed by atoms with Gasteiger partial charge in [0.2, 0.25) is 5.91 Å². The number of amides is 1. The summed E-state index contributed by atoms with van der Waals surface area (Å²) in [6, 6.07) is -0.915. The first-order valence-corrected chi connectivity index (χ1v) is 34.2. The van der Waals surface area contributed by atoms with Crippen LogP contribution >= 0.6 is 7.82 Å². The molecule has 0 aliphatic carbocycles. The number of nitrogens with one attached hydrogen (secondary N) is 1. The smallest absolute Gasteiger partial charge is 0.306 e. The Hall–Kier alpha value is -3.33. The third-order valence-electron chi connectivity index (χ3n) is 13.9. The van der Waals surface area contributed by atoms with Gasteiger partial charge < -0.3 is 28.5 Å². The number of phosphoric ester groups is 1. The van der Waals surface area contributed by atoms with Gasteiger partial charge in [0.1, 0.15) is 19.3 Å². The second kappa shape index (κ2) is 58.9. The molecule has 1 amide bonds. The number of quaternary nitrogens is 1. The molecule has 0 heterocycles. The monoisotopic (exact) mass is 1130 g/mol. The minimum Gasteiger partial charge on any atom is -0.756 e. The zero-order valence-electron chi connectivity index (χ0n) is 52.5. The molecule has 9 nitrogen and oxygen atoms in total. The predicted octanol–water partition coefficient (Wildman–Crippen LogP) is 19.9. The summed E-state index contributed by atoms with van der Waals surface area (Å²) in [6.07, 6.45) is 80.6. The topological polar surface area (TPSA) is 114 Å². The van der Waals surface area contributed by atoms with Crippen LogP contribution in [0.15, 0.2) is 109 Å². The van der Waals surface area contributed by atoms with E-state index in [1.54, 1.807) is 0 Å². The molecular weight excluding hydrogens is 1010 g/mol. The molecule has 0 aromatic rings. The van der Waals surface area contributed by atoms with Crippen molar-refractivity contribution in [3.05, 3.63) is 109 Å². The van der Waals surface area contributed by atoms with Gasteiger partial charge in [-0.2, -0.15) is 0 Å². The molecular formula is C70H123N2O7P. The number of carbonyl (C=O) groups excluding carboxylic acids is 2. The standard InChI is InChI=1S/C70H123N2O7P/c1-7-10-13-16-19-22-25-28-30-32-34-35-36-37-39-41-43-45-48-51-54-57-60-63-70(74)79-68(61-58-55-52-49-46-27-24-21-18-15-12-9-3)67(66-78-80(75,76)77-65-64-72(4,5)6)71-69(73)62-59-56-53-50-47-44-42-40-38-33-31-29-26-23-20-17-14-11-8-2/h11,14,19-20,22-23,28-31,34-35,38,40,44,47,58,61,67-68H,7-10,12-13,15-18,21,24-27,32-33,36-37,39,41-43,45-46,48-57,59-60,62-66H2,1-6H3,(H-,71,73,75,76)/b14-11-,22-19-,23-20-,30-28-,31-29-,35-34-,40-38-,47-44-,61-58+. The first-order valence-electron chi connectivity index (χ1n) is 32.7. The molecule has 3 unspecified atom stereocenters. The number of rotatable bonds is 58. The van der Waals surface area contributed by atoms with Gasteiger partial charge in [-0.1, -0.05) is 252 Å². The lowest BCUT2D eigenvalue weighted by Crippen LogP contribution is -2.47. The van der Waals surface area contributed by atoms with Gasteiger partial charge >= 0.3 is 5.97 Å². The minimum atomic E-state index is -4.72. The van der Waals surface area contributed by atoms with Gasteiger partial charge in [-0.05, 0) is 115 Å². The Kier molecular flexibility index (Phi) is 56.4. The highest BCUT2D eigenvalue weighted by Gasteiger charge is 2.27. The third kappa shape index (κ3) is 59.3. The highest BCUT2D eigenvalue weighted by Crippen LogP contribution is 2.38. The van der Waals surface area contributed by atoms with Gasteiger partial charge in [-0.25, -0.2) is 0 Å². The van der Waals surface area contributed by atoms with Gasteiger partial charge in [0.25, 0.3) is 7.82 Å². The molecule has 3 atom stereocenters. The van der Waals surface area contributed by atoms with Crippen LogP contribution in [0.3, 0.4) is 0 Å². The number of hydrogen-bond acceptors (Lipinski definition) is 7. The number of unbranched alkanes of at least 4 members (excludes halogenated alkanes) is 26. The second-order valence-corrected chi connectivity index (χ2v) is 24.3. The van der Waals surface area contributed by atoms with Crippen LogP contribution in [0.4, 0.5) is 0 Å². The van der Waals surface area contributed by atoms with Crippen LogP contribution < -0.4 is 10.2 Å². The average Bonchev–Trinajstić information content (AvgIpc) is 3.42. The molecule has 80 heavy (non-hydrogen) atoms. The largest absolute Gasteiger partial charge is 0.756 e. The number of likely N-dealkylation sites (N-methyl/N-ethyl adjacent to an activating group) is 1. The molecule has 10 heteroatoms. The normalized spacial score (nSPS) is 14.3. The highest BCUT2D eigenvalue weighted by molar-refractivity contribution is 7.45. The zero-order chi connectivity index (χ0) is 58.6. The Morgan fingerprint density at radius 3 is 1.24 bits per heavy atom. The van der Waals surface area contributed by atoms with E-state index in [-0.39, 0.29) is 31.3 Å². The second-order valence-electron chi connectivity index (χ2n) is 22.9. The van der Waals surface area contributed by atoms with Gasteiger partial charge in [0.15, 0.2) is 0 Å². The zero-order valence-corrected chi connectivity index (χ0v) is 53.4. The Morgan fingerprint density at radius 1 is 0.450 bits per heavy atom. The van der Waals surface area contributed by atoms with Crippen LogP contribution in [-0.2, 0) is 27.9 Å². The Morgan fingerprint density at radius 2 is 0.800 bits per heavy atom. The lowest BCUT2D eigenvalue weighted by molar-refractivity contribution is -0.870. The summed E-state index contributed by atoms with van der Waals surface area (Å²) in [6.45, 7) is 6.67. The highest BCUT2D eigenvalue weighted by atomic mass is 31.2. The van der Waals surface area contributed by atoms with Crippen molar-refractivity contribution >= 4 is 19.7 Å². The number of esters is 1. The van der Waals surface area contributed by atoms with E-state index < -0.39 is 26.6 Å². The van der Waals surface area contributed by atoms with E-state index in [0.717, 1.165) is 116 Å². The summed E-state index contributed by atoms with van der Waals surface area (Å²) in [5.74, 6) is -0.586. The van der Waals surface area contributed by atoms with E-state index >= 15 is 0 Å². The van der Waals surface area contributed by atoms with Crippen molar-refractivity contribution in [1.29, 1.82) is 0 Å². The van der Waals surface area contributed by atoms with E-state index in [1.807, 2.05) is 33.3 Å². The quantitative estimate of drug-likeness (QED) is 0.0212. The number of phosphoric acid groups is 1. The Bertz CT molecular complexity index is 1740. The first-order chi connectivity index (χ1) is 38.9. The van der Waals surface area contributed by atoms with Crippen molar-refractivity contribution in [1.82, 2.24) is 5.32 Å². The summed E-state index contributed by atoms with van der Waals surface area (Å²) in [5.41, 5.74) is 0. The molecule has 0 bridgehead atoms. The van der Waals surface area contributed by atoms with Crippen molar-refractivity contribution in [2.24, 2.45) is 0 Å². The fourth-order valence-corrected chi connectivity index (χ4v) is 9.63. The molecule has 0 aromatic carbocycles. The summed E-state index contributed by atoms with van der Waals surface area (Å²) in [4.78, 5) is 40.1. The average molecular weight is 1140 g/mol. The molecule has 0 aromatic heterocycles. The molecule has 0 fully saturated rings. The SMILES string of the molecule is CC/C=C\C/C=C\C/C=C\C/C=C\C/C=C\CCCCCC(=O)NC(COP(=O)([O-])OCC[N+](C)(C)C)C(/C=C/CCCCCCCCCCCC)OC(=O)CCCCCCCCCCCC/C=C\C/C=C\C/C=C\CCCCC. The van der Waals surface area contributed by atoms with Crippen molar-refractivity contribution in [3.63, 3.8) is 0 Å². The molecule has 0 spiro atoms. The van der Waals surface area contributed by atoms with Gasteiger partial charge in [0, 0.05) is 12.8 Å². The van der Waals surface area contributed by atoms with Crippen LogP contribution in [0.25, 0.3) is 0 Å². The van der Waals surface area contributed by atoms with Crippen LogP contribution in [0.5, 0.6) is 0 Å². The van der Waals surface area contributed by atoms with Crippen molar-refractivity contribution in [2.75, 3.05) is 40.9 Å². The summed E-state index contributed by atoms with van der Waals surface area (Å²) < 4.78 is 30.3. The molecule has 0 aliphatic heterocycles. The van der Waals surface area contributed by atoms with E-state index in [9.17, 15) is 19.0 Å². The van der Waals surface area contributed by atoms with Crippen molar-refractivity contribution in [2.45, 2.75) is 283 Å². The van der Waals surface area contributed by atoms with Gasteiger partial charge in [0.05, 0.1) is 33.8 Å². The summed E-state index contributed by atoms with van der Waals surface area (Å²) in [5, 5.41) is 3.01. The minimum absolute atomic E-state index is 0.0348. The molecule has 0 radical (unpaired) electrons. The number of nitrogens with zero attached hydrogens (tertiary/aromatic N) is 1. The summed E-state index contributed by atoms with van der Waals surface area (Å²) in [7, 11) is 1.15. The lowest BCUT2D eigenvalue weighted by atomic mass is 10.0. The predicted molar refractivity (Wildman–Crippen MR) is 344 cm³/mol. The molecule has 0 aliphatic rings. The molecule has 0 rings (SSSR count). The number of hydrogen-bond donors (Lipinski definition) is 1. The maximum atomic E-state index is 13.5. The summed E-state index contributed by atoms with van der Waals surface area (Å²) >= 11 is 0. The van der Waals surface area contributed by atoms with Gasteiger partial charge in [-0.3, -0.25) is 14.2 Å². The third-order valence-corrected chi connectivity index (χ3v) is 14.9. The van der Waals surface area contributed by atoms with Crippen molar-refractivity contribution < 1.29 is 37.3 Å². The van der Waals surface area contributed by atoms with E-state index in [1.165, 1.54) is 116 Å². The fraction of sp³-hybridized carbons (Fsp3) is 0.714. The van der Waals surface area contributed by atoms with Crippen LogP contribution in [0.1, 0.15) is 271 Å². The van der Waals surface area contributed by atoms with Crippen LogP contribution in [0, 0.1) is 0 Å². The molecule has 1 N–H and O–H groups in total. The maximum absolute atomic E-state index is 13.5. The molecule has 460 valence electrons.